The molecule has 1 saturated heterocycles. The summed E-state index contributed by atoms with van der Waals surface area (Å²) in [4.78, 5) is 0. The third-order valence-electron chi connectivity index (χ3n) is 2.05. The fourth-order valence-electron chi connectivity index (χ4n) is 1.33. The molecule has 15 heavy (non-hydrogen) atoms. The molecule has 0 amide bonds. The highest BCUT2D eigenvalue weighted by Gasteiger charge is 2.22. The molecule has 0 aliphatic carbocycles. The van der Waals surface area contributed by atoms with E-state index in [0.717, 1.165) is 5.30 Å². The minimum Gasteiger partial charge on any atom is -0.377 e. The van der Waals surface area contributed by atoms with Crippen LogP contribution in [0.1, 0.15) is 0 Å². The molecule has 0 saturated carbocycles. The molecule has 0 atom stereocenters. The summed E-state index contributed by atoms with van der Waals surface area (Å²) in [5.74, 6) is 0. The molecule has 0 radical (unpaired) electrons. The molecule has 1 aliphatic heterocycles. The highest BCUT2D eigenvalue weighted by Crippen LogP contribution is 2.47. The molecule has 1 aromatic rings. The van der Waals surface area contributed by atoms with Gasteiger partial charge < -0.3 is 13.8 Å². The zero-order valence-corrected chi connectivity index (χ0v) is 10.0. The third kappa shape index (κ3) is 2.86. The third-order valence-corrected chi connectivity index (χ3v) is 5.29. The van der Waals surface area contributed by atoms with E-state index >= 15 is 0 Å². The Morgan fingerprint density at radius 2 is 1.53 bits per heavy atom. The molecule has 1 heterocycles. The number of hydrogen-bond acceptors (Lipinski definition) is 4. The van der Waals surface area contributed by atoms with E-state index in [1.807, 2.05) is 30.3 Å². The Hall–Kier alpha value is -0.250. The van der Waals surface area contributed by atoms with Crippen LogP contribution in [0.2, 0.25) is 0 Å². The summed E-state index contributed by atoms with van der Waals surface area (Å²) in [7, 11) is 0. The van der Waals surface area contributed by atoms with Crippen LogP contribution in [0.15, 0.2) is 30.3 Å². The summed E-state index contributed by atoms with van der Waals surface area (Å²) >= 11 is 5.48. The Balaban J connectivity index is 2.20. The van der Waals surface area contributed by atoms with E-state index in [4.69, 9.17) is 25.6 Å². The van der Waals surface area contributed by atoms with E-state index in [9.17, 15) is 0 Å². The van der Waals surface area contributed by atoms with Crippen LogP contribution in [0.3, 0.4) is 0 Å². The second kappa shape index (κ2) is 5.19. The number of hydrogen-bond donors (Lipinski definition) is 0. The van der Waals surface area contributed by atoms with Crippen LogP contribution in [-0.2, 0) is 25.6 Å². The van der Waals surface area contributed by atoms with Gasteiger partial charge in [-0.05, 0) is 23.9 Å². The second-order valence-corrected chi connectivity index (χ2v) is 6.58. The van der Waals surface area contributed by atoms with Crippen molar-refractivity contribution in [3.8, 4) is 0 Å². The van der Waals surface area contributed by atoms with Crippen LogP contribution < -0.4 is 5.30 Å². The average Bonchev–Trinajstić information content (AvgIpc) is 2.25. The van der Waals surface area contributed by atoms with E-state index in [0.29, 0.717) is 26.4 Å². The van der Waals surface area contributed by atoms with Crippen molar-refractivity contribution in [2.24, 2.45) is 0 Å². The van der Waals surface area contributed by atoms with Crippen molar-refractivity contribution in [1.82, 2.24) is 0 Å². The predicted octanol–water partition coefficient (Wildman–Crippen LogP) is 1.68. The Labute approximate surface area is 94.5 Å². The van der Waals surface area contributed by atoms with Crippen molar-refractivity contribution in [3.05, 3.63) is 30.3 Å². The van der Waals surface area contributed by atoms with Gasteiger partial charge in [-0.25, -0.2) is 0 Å². The second-order valence-electron chi connectivity index (χ2n) is 3.11. The first-order valence-electron chi connectivity index (χ1n) is 4.84. The topological polar surface area (TPSA) is 27.7 Å². The van der Waals surface area contributed by atoms with Crippen LogP contribution in [-0.4, -0.2) is 26.4 Å². The van der Waals surface area contributed by atoms with Crippen molar-refractivity contribution in [2.45, 2.75) is 0 Å². The molecule has 5 heteroatoms. The van der Waals surface area contributed by atoms with Crippen LogP contribution in [0.25, 0.3) is 0 Å². The number of ether oxygens (including phenoxy) is 1. The van der Waals surface area contributed by atoms with Gasteiger partial charge in [0.15, 0.2) is 0 Å². The molecule has 1 aliphatic rings. The van der Waals surface area contributed by atoms with Gasteiger partial charge >= 0.3 is 0 Å². The van der Waals surface area contributed by atoms with Crippen LogP contribution in [0.5, 0.6) is 0 Å². The first-order valence-corrected chi connectivity index (χ1v) is 7.47. The van der Waals surface area contributed by atoms with Crippen LogP contribution in [0.4, 0.5) is 0 Å². The molecular formula is C10H13O3PS. The smallest absolute Gasteiger partial charge is 0.219 e. The lowest BCUT2D eigenvalue weighted by molar-refractivity contribution is 0.0548. The van der Waals surface area contributed by atoms with Crippen molar-refractivity contribution >= 4 is 23.6 Å². The quantitative estimate of drug-likeness (QED) is 0.703. The first kappa shape index (κ1) is 11.2. The first-order chi connectivity index (χ1) is 7.31. The van der Waals surface area contributed by atoms with E-state index in [1.165, 1.54) is 0 Å². The standard InChI is InChI=1S/C10H13O3PS/c15-14(10-4-2-1-3-5-10)12-8-6-11-7-9-13-14/h1-5H,6-9H2. The molecule has 0 unspecified atom stereocenters. The van der Waals surface area contributed by atoms with Gasteiger partial charge in [-0.2, -0.15) is 0 Å². The Morgan fingerprint density at radius 1 is 0.933 bits per heavy atom. The normalized spacial score (nSPS) is 21.6. The van der Waals surface area contributed by atoms with Gasteiger partial charge in [-0.15, -0.1) is 0 Å². The van der Waals surface area contributed by atoms with Gasteiger partial charge in [0.05, 0.1) is 26.4 Å². The van der Waals surface area contributed by atoms with Crippen molar-refractivity contribution in [2.75, 3.05) is 26.4 Å². The minimum atomic E-state index is -2.28. The molecular weight excluding hydrogens is 231 g/mol. The minimum absolute atomic E-state index is 0.506. The summed E-state index contributed by atoms with van der Waals surface area (Å²) in [6.45, 7) is -0.0877. The van der Waals surface area contributed by atoms with Gasteiger partial charge in [-0.1, -0.05) is 18.2 Å². The van der Waals surface area contributed by atoms with Crippen molar-refractivity contribution < 1.29 is 13.8 Å². The molecule has 1 fully saturated rings. The van der Waals surface area contributed by atoms with Gasteiger partial charge in [0.2, 0.25) is 6.49 Å². The molecule has 0 N–H and O–H groups in total. The molecule has 0 aromatic heterocycles. The lowest BCUT2D eigenvalue weighted by atomic mass is 10.4. The number of rotatable bonds is 1. The zero-order valence-electron chi connectivity index (χ0n) is 8.30. The van der Waals surface area contributed by atoms with Gasteiger partial charge in [0.25, 0.3) is 0 Å². The summed E-state index contributed by atoms with van der Waals surface area (Å²) in [6, 6.07) is 9.78. The molecule has 0 bridgehead atoms. The SMILES string of the molecule is S=P1(c2ccccc2)OCCOCCO1. The largest absolute Gasteiger partial charge is 0.377 e. The molecule has 3 nitrogen and oxygen atoms in total. The molecule has 2 rings (SSSR count). The average molecular weight is 244 g/mol. The summed E-state index contributed by atoms with van der Waals surface area (Å²) < 4.78 is 16.5. The highest BCUT2D eigenvalue weighted by molar-refractivity contribution is 8.13. The molecule has 0 spiro atoms. The highest BCUT2D eigenvalue weighted by atomic mass is 32.5. The molecule has 1 aromatic carbocycles. The summed E-state index contributed by atoms with van der Waals surface area (Å²) in [5, 5.41) is 0.974. The Morgan fingerprint density at radius 3 is 2.13 bits per heavy atom. The summed E-state index contributed by atoms with van der Waals surface area (Å²) in [5.41, 5.74) is 0. The van der Waals surface area contributed by atoms with E-state index < -0.39 is 6.49 Å². The lowest BCUT2D eigenvalue weighted by Gasteiger charge is -2.24. The van der Waals surface area contributed by atoms with Crippen molar-refractivity contribution in [3.63, 3.8) is 0 Å². The summed E-state index contributed by atoms with van der Waals surface area (Å²) in [6.07, 6.45) is 0. The maximum atomic E-state index is 5.64. The molecule has 82 valence electrons. The van der Waals surface area contributed by atoms with E-state index in [1.54, 1.807) is 0 Å². The van der Waals surface area contributed by atoms with Gasteiger partial charge in [0, 0.05) is 5.30 Å². The maximum absolute atomic E-state index is 5.64. The van der Waals surface area contributed by atoms with Crippen LogP contribution >= 0.6 is 6.49 Å². The fourth-order valence-corrected chi connectivity index (χ4v) is 3.68. The van der Waals surface area contributed by atoms with E-state index in [-0.39, 0.29) is 0 Å². The van der Waals surface area contributed by atoms with Crippen molar-refractivity contribution in [1.29, 1.82) is 0 Å². The van der Waals surface area contributed by atoms with Gasteiger partial charge in [0.1, 0.15) is 0 Å². The van der Waals surface area contributed by atoms with E-state index in [2.05, 4.69) is 0 Å². The maximum Gasteiger partial charge on any atom is 0.219 e. The monoisotopic (exact) mass is 244 g/mol. The van der Waals surface area contributed by atoms with Gasteiger partial charge in [-0.3, -0.25) is 0 Å². The number of benzene rings is 1. The van der Waals surface area contributed by atoms with Crippen LogP contribution in [0, 0.1) is 0 Å². The Kier molecular flexibility index (Phi) is 3.89. The Bertz CT molecular complexity index is 343. The zero-order chi connectivity index (χ0) is 10.6. The lowest BCUT2D eigenvalue weighted by Crippen LogP contribution is -2.18. The predicted molar refractivity (Wildman–Crippen MR) is 63.1 cm³/mol. The fraction of sp³-hybridized carbons (Fsp3) is 0.400.